The second-order valence-electron chi connectivity index (χ2n) is 2.82. The monoisotopic (exact) mass is 224 g/mol. The van der Waals surface area contributed by atoms with Gasteiger partial charge >= 0.3 is 6.18 Å². The maximum absolute atomic E-state index is 12.9. The Balaban J connectivity index is 2.68. The molecule has 0 aliphatic carbocycles. The SMILES string of the molecule is OCc1ccc(OCC(F)(F)F)cc1F. The summed E-state index contributed by atoms with van der Waals surface area (Å²) in [7, 11) is 0. The molecule has 0 bridgehead atoms. The lowest BCUT2D eigenvalue weighted by Gasteiger charge is -2.09. The molecule has 1 aromatic rings. The summed E-state index contributed by atoms with van der Waals surface area (Å²) in [4.78, 5) is 0. The first-order valence-corrected chi connectivity index (χ1v) is 4.01. The van der Waals surface area contributed by atoms with E-state index in [4.69, 9.17) is 5.11 Å². The average Bonchev–Trinajstić information content (AvgIpc) is 2.14. The summed E-state index contributed by atoms with van der Waals surface area (Å²) in [5.74, 6) is -1.01. The predicted molar refractivity (Wildman–Crippen MR) is 43.9 cm³/mol. The van der Waals surface area contributed by atoms with Gasteiger partial charge in [-0.05, 0) is 6.07 Å². The molecular formula is C9H8F4O2. The third kappa shape index (κ3) is 3.75. The molecule has 0 spiro atoms. The van der Waals surface area contributed by atoms with Gasteiger partial charge in [-0.2, -0.15) is 13.2 Å². The zero-order valence-electron chi connectivity index (χ0n) is 7.51. The van der Waals surface area contributed by atoms with Gasteiger partial charge in [-0.3, -0.25) is 0 Å². The van der Waals surface area contributed by atoms with Crippen molar-refractivity contribution >= 4 is 0 Å². The van der Waals surface area contributed by atoms with Crippen molar-refractivity contribution in [1.82, 2.24) is 0 Å². The first kappa shape index (κ1) is 11.8. The van der Waals surface area contributed by atoms with E-state index in [0.29, 0.717) is 0 Å². The van der Waals surface area contributed by atoms with E-state index < -0.39 is 25.2 Å². The molecule has 1 aromatic carbocycles. The largest absolute Gasteiger partial charge is 0.484 e. The molecule has 0 atom stereocenters. The number of halogens is 4. The first-order valence-electron chi connectivity index (χ1n) is 4.01. The highest BCUT2D eigenvalue weighted by atomic mass is 19.4. The van der Waals surface area contributed by atoms with Gasteiger partial charge in [-0.15, -0.1) is 0 Å². The fourth-order valence-electron chi connectivity index (χ4n) is 0.911. The van der Waals surface area contributed by atoms with Crippen molar-refractivity contribution in [1.29, 1.82) is 0 Å². The Morgan fingerprint density at radius 2 is 1.93 bits per heavy atom. The maximum Gasteiger partial charge on any atom is 0.422 e. The molecule has 0 amide bonds. The molecule has 0 saturated carbocycles. The number of aliphatic hydroxyl groups is 1. The molecule has 84 valence electrons. The van der Waals surface area contributed by atoms with Gasteiger partial charge in [0.1, 0.15) is 11.6 Å². The number of rotatable bonds is 3. The molecule has 0 heterocycles. The van der Waals surface area contributed by atoms with E-state index in [1.807, 2.05) is 0 Å². The normalized spacial score (nSPS) is 11.5. The molecule has 1 N–H and O–H groups in total. The number of hydrogen-bond acceptors (Lipinski definition) is 2. The number of hydrogen-bond donors (Lipinski definition) is 1. The second kappa shape index (κ2) is 4.48. The molecular weight excluding hydrogens is 216 g/mol. The molecule has 0 fully saturated rings. The minimum absolute atomic E-state index is 0.00867. The van der Waals surface area contributed by atoms with Gasteiger partial charge in [0.05, 0.1) is 6.61 Å². The van der Waals surface area contributed by atoms with Crippen LogP contribution >= 0.6 is 0 Å². The molecule has 0 radical (unpaired) electrons. The molecule has 0 aliphatic rings. The van der Waals surface area contributed by atoms with E-state index in [-0.39, 0.29) is 11.3 Å². The predicted octanol–water partition coefficient (Wildman–Crippen LogP) is 2.26. The van der Waals surface area contributed by atoms with Gasteiger partial charge in [-0.1, -0.05) is 6.07 Å². The fraction of sp³-hybridized carbons (Fsp3) is 0.333. The Labute approximate surface area is 83.1 Å². The van der Waals surface area contributed by atoms with E-state index in [1.54, 1.807) is 0 Å². The minimum Gasteiger partial charge on any atom is -0.484 e. The van der Waals surface area contributed by atoms with Crippen LogP contribution < -0.4 is 4.74 Å². The Morgan fingerprint density at radius 1 is 1.27 bits per heavy atom. The summed E-state index contributed by atoms with van der Waals surface area (Å²) in [5, 5.41) is 8.61. The summed E-state index contributed by atoms with van der Waals surface area (Å²) < 4.78 is 52.4. The van der Waals surface area contributed by atoms with Crippen LogP contribution in [0, 0.1) is 5.82 Å². The smallest absolute Gasteiger partial charge is 0.422 e. The van der Waals surface area contributed by atoms with Crippen LogP contribution in [0.1, 0.15) is 5.56 Å². The van der Waals surface area contributed by atoms with Crippen molar-refractivity contribution < 1.29 is 27.4 Å². The van der Waals surface area contributed by atoms with Crippen LogP contribution in [0.2, 0.25) is 0 Å². The number of alkyl halides is 3. The highest BCUT2D eigenvalue weighted by Gasteiger charge is 2.28. The van der Waals surface area contributed by atoms with Crippen LogP contribution in [0.15, 0.2) is 18.2 Å². The third-order valence-corrected chi connectivity index (χ3v) is 1.60. The van der Waals surface area contributed by atoms with Gasteiger partial charge in [0, 0.05) is 11.6 Å². The second-order valence-corrected chi connectivity index (χ2v) is 2.82. The first-order chi connectivity index (χ1) is 6.92. The third-order valence-electron chi connectivity index (χ3n) is 1.60. The molecule has 0 aromatic heterocycles. The lowest BCUT2D eigenvalue weighted by atomic mass is 10.2. The number of benzene rings is 1. The number of ether oxygens (including phenoxy) is 1. The highest BCUT2D eigenvalue weighted by Crippen LogP contribution is 2.20. The molecule has 6 heteroatoms. The summed E-state index contributed by atoms with van der Waals surface area (Å²) >= 11 is 0. The lowest BCUT2D eigenvalue weighted by Crippen LogP contribution is -2.19. The molecule has 15 heavy (non-hydrogen) atoms. The average molecular weight is 224 g/mol. The molecule has 1 rings (SSSR count). The summed E-state index contributed by atoms with van der Waals surface area (Å²) in [6, 6.07) is 3.14. The van der Waals surface area contributed by atoms with Crippen molar-refractivity contribution in [3.63, 3.8) is 0 Å². The van der Waals surface area contributed by atoms with Crippen molar-refractivity contribution in [2.75, 3.05) is 6.61 Å². The van der Waals surface area contributed by atoms with Crippen LogP contribution in [0.4, 0.5) is 17.6 Å². The van der Waals surface area contributed by atoms with E-state index in [2.05, 4.69) is 4.74 Å². The van der Waals surface area contributed by atoms with Crippen molar-refractivity contribution in [2.24, 2.45) is 0 Å². The standard InChI is InChI=1S/C9H8F4O2/c10-8-3-7(2-1-6(8)4-14)15-5-9(11,12)13/h1-3,14H,4-5H2. The van der Waals surface area contributed by atoms with Crippen molar-refractivity contribution in [2.45, 2.75) is 12.8 Å². The van der Waals surface area contributed by atoms with Crippen LogP contribution in [0.5, 0.6) is 5.75 Å². The van der Waals surface area contributed by atoms with Crippen LogP contribution in [0.25, 0.3) is 0 Å². The fourth-order valence-corrected chi connectivity index (χ4v) is 0.911. The maximum atomic E-state index is 12.9. The summed E-state index contributed by atoms with van der Waals surface area (Å²) in [5.41, 5.74) is 0.00867. The van der Waals surface area contributed by atoms with Crippen LogP contribution in [0.3, 0.4) is 0 Å². The Kier molecular flexibility index (Phi) is 3.52. The van der Waals surface area contributed by atoms with Gasteiger partial charge in [0.2, 0.25) is 0 Å². The molecule has 0 aliphatic heterocycles. The zero-order valence-corrected chi connectivity index (χ0v) is 7.51. The zero-order chi connectivity index (χ0) is 11.5. The minimum atomic E-state index is -4.45. The van der Waals surface area contributed by atoms with E-state index >= 15 is 0 Å². The molecule has 0 unspecified atom stereocenters. The van der Waals surface area contributed by atoms with Gasteiger partial charge < -0.3 is 9.84 Å². The van der Waals surface area contributed by atoms with E-state index in [0.717, 1.165) is 6.07 Å². The summed E-state index contributed by atoms with van der Waals surface area (Å²) in [6.45, 7) is -1.98. The quantitative estimate of drug-likeness (QED) is 0.798. The number of aliphatic hydroxyl groups excluding tert-OH is 1. The van der Waals surface area contributed by atoms with Crippen LogP contribution in [-0.2, 0) is 6.61 Å². The van der Waals surface area contributed by atoms with Gasteiger partial charge in [0.15, 0.2) is 6.61 Å². The van der Waals surface area contributed by atoms with E-state index in [1.165, 1.54) is 12.1 Å². The molecule has 0 saturated heterocycles. The Morgan fingerprint density at radius 3 is 2.40 bits per heavy atom. The topological polar surface area (TPSA) is 29.5 Å². The molecule has 2 nitrogen and oxygen atoms in total. The van der Waals surface area contributed by atoms with E-state index in [9.17, 15) is 17.6 Å². The highest BCUT2D eigenvalue weighted by molar-refractivity contribution is 5.28. The Hall–Kier alpha value is -1.30. The van der Waals surface area contributed by atoms with Crippen LogP contribution in [-0.4, -0.2) is 17.9 Å². The van der Waals surface area contributed by atoms with Crippen molar-refractivity contribution in [3.8, 4) is 5.75 Å². The lowest BCUT2D eigenvalue weighted by molar-refractivity contribution is -0.153. The van der Waals surface area contributed by atoms with Crippen molar-refractivity contribution in [3.05, 3.63) is 29.6 Å². The van der Waals surface area contributed by atoms with Gasteiger partial charge in [0.25, 0.3) is 0 Å². The van der Waals surface area contributed by atoms with Gasteiger partial charge in [-0.25, -0.2) is 4.39 Å². The Bertz CT molecular complexity index is 335. The summed E-state index contributed by atoms with van der Waals surface area (Å²) in [6.07, 6.45) is -4.45.